The summed E-state index contributed by atoms with van der Waals surface area (Å²) in [5, 5.41) is 0.981. The van der Waals surface area contributed by atoms with E-state index in [4.69, 9.17) is 4.74 Å². The standard InChI is InChI=1S/C26H29N3O3/c1-3-29-23-11-10-21(16-22(23)24(17-25(29)30)28-12-14-32-15-13-28)27(2)26(31)20-8-6-19(7-9-20)18-4-5-18/h6-11,16-18H,3-5,12-15H2,1-2H3. The van der Waals surface area contributed by atoms with Gasteiger partial charge in [-0.1, -0.05) is 12.1 Å². The summed E-state index contributed by atoms with van der Waals surface area (Å²) in [4.78, 5) is 29.8. The average Bonchev–Trinajstić information content (AvgIpc) is 3.69. The Bertz CT molecular complexity index is 1210. The van der Waals surface area contributed by atoms with E-state index >= 15 is 0 Å². The van der Waals surface area contributed by atoms with Crippen molar-refractivity contribution in [1.82, 2.24) is 4.57 Å². The fraction of sp³-hybridized carbons (Fsp3) is 0.385. The van der Waals surface area contributed by atoms with Crippen molar-refractivity contribution in [2.24, 2.45) is 0 Å². The van der Waals surface area contributed by atoms with Gasteiger partial charge in [-0.15, -0.1) is 0 Å². The van der Waals surface area contributed by atoms with Gasteiger partial charge in [0.15, 0.2) is 0 Å². The van der Waals surface area contributed by atoms with Gasteiger partial charge in [0.2, 0.25) is 0 Å². The molecule has 0 N–H and O–H groups in total. The highest BCUT2D eigenvalue weighted by molar-refractivity contribution is 6.07. The van der Waals surface area contributed by atoms with Gasteiger partial charge in [0.25, 0.3) is 11.5 Å². The molecule has 5 rings (SSSR count). The lowest BCUT2D eigenvalue weighted by Crippen LogP contribution is -2.37. The summed E-state index contributed by atoms with van der Waals surface area (Å²) < 4.78 is 7.28. The minimum atomic E-state index is -0.0385. The third kappa shape index (κ3) is 3.79. The third-order valence-electron chi connectivity index (χ3n) is 6.64. The number of morpholine rings is 1. The molecule has 1 aromatic heterocycles. The van der Waals surface area contributed by atoms with Crippen LogP contribution in [0.3, 0.4) is 0 Å². The van der Waals surface area contributed by atoms with E-state index in [0.717, 1.165) is 35.4 Å². The minimum Gasteiger partial charge on any atom is -0.378 e. The monoisotopic (exact) mass is 431 g/mol. The first-order valence-electron chi connectivity index (χ1n) is 11.4. The highest BCUT2D eigenvalue weighted by Gasteiger charge is 2.24. The van der Waals surface area contributed by atoms with Crippen molar-refractivity contribution >= 4 is 28.2 Å². The summed E-state index contributed by atoms with van der Waals surface area (Å²) in [6.45, 7) is 5.36. The maximum atomic E-state index is 13.2. The van der Waals surface area contributed by atoms with Crippen LogP contribution in [0.5, 0.6) is 0 Å². The molecule has 0 spiro atoms. The largest absolute Gasteiger partial charge is 0.378 e. The van der Waals surface area contributed by atoms with Crippen LogP contribution < -0.4 is 15.4 Å². The molecule has 1 aliphatic heterocycles. The first-order chi connectivity index (χ1) is 15.6. The molecule has 1 aliphatic carbocycles. The van der Waals surface area contributed by atoms with Crippen LogP contribution in [-0.2, 0) is 11.3 Å². The Hall–Kier alpha value is -3.12. The Kier molecular flexibility index (Phi) is 5.47. The van der Waals surface area contributed by atoms with Gasteiger partial charge in [-0.25, -0.2) is 0 Å². The van der Waals surface area contributed by atoms with Gasteiger partial charge in [-0.05, 0) is 61.6 Å². The number of ether oxygens (including phenoxy) is 1. The molecule has 0 bridgehead atoms. The fourth-order valence-corrected chi connectivity index (χ4v) is 4.58. The van der Waals surface area contributed by atoms with Gasteiger partial charge in [0.05, 0.1) is 24.4 Å². The zero-order valence-corrected chi connectivity index (χ0v) is 18.7. The molecule has 1 saturated heterocycles. The number of benzene rings is 2. The van der Waals surface area contributed by atoms with E-state index in [1.807, 2.05) is 44.3 Å². The van der Waals surface area contributed by atoms with Crippen LogP contribution in [0.1, 0.15) is 41.6 Å². The number of carbonyl (C=O) groups is 1. The second kappa shape index (κ2) is 8.43. The average molecular weight is 432 g/mol. The molecule has 3 aromatic rings. The lowest BCUT2D eigenvalue weighted by molar-refractivity contribution is 0.0993. The van der Waals surface area contributed by atoms with Crippen molar-refractivity contribution in [1.29, 1.82) is 0 Å². The number of anilines is 2. The molecular formula is C26H29N3O3. The number of carbonyl (C=O) groups excluding carboxylic acids is 1. The molecule has 32 heavy (non-hydrogen) atoms. The predicted molar refractivity (Wildman–Crippen MR) is 128 cm³/mol. The molecule has 2 aliphatic rings. The lowest BCUT2D eigenvalue weighted by atomic mass is 10.1. The number of pyridine rings is 1. The molecule has 6 heteroatoms. The zero-order chi connectivity index (χ0) is 22.2. The maximum absolute atomic E-state index is 13.2. The normalized spacial score (nSPS) is 16.4. The number of rotatable bonds is 5. The Balaban J connectivity index is 1.52. The molecular weight excluding hydrogens is 402 g/mol. The van der Waals surface area contributed by atoms with Crippen molar-refractivity contribution in [2.75, 3.05) is 43.2 Å². The minimum absolute atomic E-state index is 0.00516. The Morgan fingerprint density at radius 2 is 1.78 bits per heavy atom. The predicted octanol–water partition coefficient (Wildman–Crippen LogP) is 4.01. The number of amides is 1. The number of hydrogen-bond donors (Lipinski definition) is 0. The molecule has 2 heterocycles. The van der Waals surface area contributed by atoms with E-state index in [0.29, 0.717) is 31.2 Å². The number of hydrogen-bond acceptors (Lipinski definition) is 4. The SMILES string of the molecule is CCn1c(=O)cc(N2CCOCC2)c2cc(N(C)C(=O)c3ccc(C4CC4)cc3)ccc21. The number of nitrogens with zero attached hydrogens (tertiary/aromatic N) is 3. The van der Waals surface area contributed by atoms with Crippen LogP contribution >= 0.6 is 0 Å². The highest BCUT2D eigenvalue weighted by atomic mass is 16.5. The quantitative estimate of drug-likeness (QED) is 0.613. The molecule has 1 amide bonds. The third-order valence-corrected chi connectivity index (χ3v) is 6.64. The topological polar surface area (TPSA) is 54.8 Å². The molecule has 2 aromatic carbocycles. The van der Waals surface area contributed by atoms with Gasteiger partial charge >= 0.3 is 0 Å². The summed E-state index contributed by atoms with van der Waals surface area (Å²) in [5.74, 6) is 0.635. The summed E-state index contributed by atoms with van der Waals surface area (Å²) >= 11 is 0. The highest BCUT2D eigenvalue weighted by Crippen LogP contribution is 2.40. The second-order valence-electron chi connectivity index (χ2n) is 8.67. The molecule has 0 atom stereocenters. The van der Waals surface area contributed by atoms with Crippen molar-refractivity contribution in [3.63, 3.8) is 0 Å². The van der Waals surface area contributed by atoms with Gasteiger partial charge in [0.1, 0.15) is 0 Å². The molecule has 0 radical (unpaired) electrons. The lowest BCUT2D eigenvalue weighted by Gasteiger charge is -2.30. The Morgan fingerprint density at radius 1 is 1.06 bits per heavy atom. The summed E-state index contributed by atoms with van der Waals surface area (Å²) in [5.41, 5.74) is 4.61. The molecule has 6 nitrogen and oxygen atoms in total. The van der Waals surface area contributed by atoms with Gasteiger partial charge < -0.3 is 19.1 Å². The molecule has 2 fully saturated rings. The van der Waals surface area contributed by atoms with Crippen LogP contribution in [0.15, 0.2) is 53.3 Å². The van der Waals surface area contributed by atoms with Crippen molar-refractivity contribution < 1.29 is 9.53 Å². The van der Waals surface area contributed by atoms with Crippen molar-refractivity contribution in [3.05, 3.63) is 70.0 Å². The van der Waals surface area contributed by atoms with Crippen LogP contribution in [0, 0.1) is 0 Å². The summed E-state index contributed by atoms with van der Waals surface area (Å²) in [6, 6.07) is 15.7. The molecule has 0 unspecified atom stereocenters. The molecule has 1 saturated carbocycles. The van der Waals surface area contributed by atoms with E-state index < -0.39 is 0 Å². The van der Waals surface area contributed by atoms with Gasteiger partial charge in [-0.3, -0.25) is 9.59 Å². The van der Waals surface area contributed by atoms with Crippen LogP contribution in [0.25, 0.3) is 10.9 Å². The molecule has 166 valence electrons. The first kappa shape index (κ1) is 20.8. The zero-order valence-electron chi connectivity index (χ0n) is 18.7. The fourth-order valence-electron chi connectivity index (χ4n) is 4.58. The van der Waals surface area contributed by atoms with E-state index in [1.54, 1.807) is 15.5 Å². The Morgan fingerprint density at radius 3 is 2.44 bits per heavy atom. The summed E-state index contributed by atoms with van der Waals surface area (Å²) in [7, 11) is 1.81. The second-order valence-corrected chi connectivity index (χ2v) is 8.67. The Labute approximate surface area is 188 Å². The van der Waals surface area contributed by atoms with Crippen LogP contribution in [-0.4, -0.2) is 43.8 Å². The smallest absolute Gasteiger partial charge is 0.258 e. The number of fused-ring (bicyclic) bond motifs is 1. The van der Waals surface area contributed by atoms with E-state index in [9.17, 15) is 9.59 Å². The van der Waals surface area contributed by atoms with Crippen molar-refractivity contribution in [3.8, 4) is 0 Å². The number of aryl methyl sites for hydroxylation is 1. The van der Waals surface area contributed by atoms with Gasteiger partial charge in [0, 0.05) is 49.4 Å². The van der Waals surface area contributed by atoms with Crippen LogP contribution in [0.4, 0.5) is 11.4 Å². The van der Waals surface area contributed by atoms with Crippen molar-refractivity contribution in [2.45, 2.75) is 32.2 Å². The maximum Gasteiger partial charge on any atom is 0.258 e. The van der Waals surface area contributed by atoms with Gasteiger partial charge in [-0.2, -0.15) is 0 Å². The first-order valence-corrected chi connectivity index (χ1v) is 11.4. The van der Waals surface area contributed by atoms with Crippen LogP contribution in [0.2, 0.25) is 0 Å². The number of aromatic nitrogens is 1. The van der Waals surface area contributed by atoms with E-state index in [2.05, 4.69) is 17.0 Å². The van der Waals surface area contributed by atoms with E-state index in [-0.39, 0.29) is 11.5 Å². The van der Waals surface area contributed by atoms with E-state index in [1.165, 1.54) is 18.4 Å². The summed E-state index contributed by atoms with van der Waals surface area (Å²) in [6.07, 6.45) is 2.50.